The standard InChI is InChI=1S/C18H33F2N.C18H35N.C16H34N2.C15H32N2.C15H33N.C14H30N2.C13H29N/c1-17(2,3)14-18(19,20)16-9-11-21(12-10-16)13-15-7-5-4-6-8-15;1-18(2,3)12-9-16-10-13-19(14-11-16)15-17-7-5-4-6-8-17;1-16(2,3)10-8-11-17(4)12-9-15-18-13-6-5-7-14-18;1-15(2,3)9-14-16(4)10-8-13-17-11-6-5-7-12-17;1-14(2,3)10-8-12-16(7)13-9-11-15(4,5)6;1-14(2,3)8-11-15(4)12-13-16-9-6-5-7-10-16;1-12(2,3)8-10-14(7)11-9-13(4,5)6/h15-16H,4-14H2,1-3H3;16-17H,4-15H2,1-3H3;5-15H2,1-4H3;5-14H2,1-4H3;8-13H2,1-7H3;5-13H2,1-4H3;8-11H2,1-7H3. The first-order chi connectivity index (χ1) is 55.9. The second kappa shape index (κ2) is 62.0. The predicted octanol–water partition coefficient (Wildman–Crippen LogP) is 28.5. The van der Waals surface area contributed by atoms with Crippen LogP contribution >= 0.6 is 0 Å². The molecule has 0 unspecified atom stereocenters. The second-order valence-electron chi connectivity index (χ2n) is 52.1. The number of hydrogen-bond donors (Lipinski definition) is 0. The Morgan fingerprint density at radius 2 is 0.471 bits per heavy atom. The molecule has 10 nitrogen and oxygen atoms in total. The Bertz CT molecular complexity index is 2320. The Balaban J connectivity index is 0.000000708. The quantitative estimate of drug-likeness (QED) is 0.0605. The summed E-state index contributed by atoms with van der Waals surface area (Å²) in [4.78, 5) is 25.5. The van der Waals surface area contributed by atoms with Crippen LogP contribution in [-0.4, -0.2) is 254 Å². The molecule has 5 saturated heterocycles. The van der Waals surface area contributed by atoms with Crippen LogP contribution in [0.4, 0.5) is 8.78 Å². The summed E-state index contributed by atoms with van der Waals surface area (Å²) in [6.07, 6.45) is 50.1. The molecule has 5 heterocycles. The predicted molar refractivity (Wildman–Crippen MR) is 539 cm³/mol. The molecular weight excluding hydrogens is 1490 g/mol. The first-order valence-electron chi connectivity index (χ1n) is 52.3. The zero-order chi connectivity index (χ0) is 91.6. The number of nitrogens with zero attached hydrogens (tertiary/aromatic N) is 10. The van der Waals surface area contributed by atoms with Crippen molar-refractivity contribution in [2.45, 2.75) is 437 Å². The summed E-state index contributed by atoms with van der Waals surface area (Å²) in [6.45, 7) is 93.1. The maximum atomic E-state index is 14.4. The molecule has 0 bridgehead atoms. The Labute approximate surface area is 761 Å². The van der Waals surface area contributed by atoms with Crippen molar-refractivity contribution in [3.05, 3.63) is 0 Å². The van der Waals surface area contributed by atoms with E-state index in [0.717, 1.165) is 37.4 Å². The number of likely N-dealkylation sites (tertiary alicyclic amines) is 5. The average molecular weight is 1720 g/mol. The van der Waals surface area contributed by atoms with Gasteiger partial charge in [0.05, 0.1) is 0 Å². The number of halogens is 2. The van der Waals surface area contributed by atoms with E-state index < -0.39 is 11.8 Å². The monoisotopic (exact) mass is 1710 g/mol. The van der Waals surface area contributed by atoms with E-state index in [1.807, 2.05) is 20.8 Å². The van der Waals surface area contributed by atoms with Gasteiger partial charge in [-0.2, -0.15) is 0 Å². The highest BCUT2D eigenvalue weighted by atomic mass is 19.3. The maximum absolute atomic E-state index is 14.4. The highest BCUT2D eigenvalue weighted by molar-refractivity contribution is 4.88. The number of piperidine rings is 5. The second-order valence-corrected chi connectivity index (χ2v) is 52.1. The summed E-state index contributed by atoms with van der Waals surface area (Å²) in [5.74, 6) is -0.0266. The zero-order valence-corrected chi connectivity index (χ0v) is 89.1. The minimum absolute atomic E-state index is 0.0211. The van der Waals surface area contributed by atoms with Crippen molar-refractivity contribution in [2.75, 3.05) is 199 Å². The lowest BCUT2D eigenvalue weighted by Crippen LogP contribution is -2.43. The van der Waals surface area contributed by atoms with Crippen molar-refractivity contribution in [2.24, 2.45) is 72.4 Å². The first kappa shape index (κ1) is 118. The smallest absolute Gasteiger partial charge is 0.251 e. The van der Waals surface area contributed by atoms with Crippen LogP contribution < -0.4 is 0 Å². The Hall–Kier alpha value is -0.540. The zero-order valence-electron chi connectivity index (χ0n) is 89.1. The fourth-order valence-corrected chi connectivity index (χ4v) is 18.2. The van der Waals surface area contributed by atoms with Crippen LogP contribution in [0.15, 0.2) is 0 Å². The molecule has 0 aromatic carbocycles. The molecule has 121 heavy (non-hydrogen) atoms. The number of alkyl halides is 2. The summed E-state index contributed by atoms with van der Waals surface area (Å²) >= 11 is 0. The van der Waals surface area contributed by atoms with Crippen molar-refractivity contribution in [3.63, 3.8) is 0 Å². The maximum Gasteiger partial charge on any atom is 0.251 e. The molecule has 2 aliphatic carbocycles. The van der Waals surface area contributed by atoms with Crippen LogP contribution in [0, 0.1) is 72.4 Å². The molecular formula is C109H226F2N10. The number of likely N-dealkylation sites (N-methyl/N-ethyl adjacent to an activating group) is 1. The summed E-state index contributed by atoms with van der Waals surface area (Å²) in [5.41, 5.74) is 3.60. The van der Waals surface area contributed by atoms with Gasteiger partial charge in [-0.1, -0.05) is 245 Å². The molecule has 12 heteroatoms. The summed E-state index contributed by atoms with van der Waals surface area (Å²) in [5, 5.41) is 0. The van der Waals surface area contributed by atoms with Gasteiger partial charge in [-0.05, 0) is 419 Å². The van der Waals surface area contributed by atoms with Gasteiger partial charge in [0.25, 0.3) is 5.92 Å². The van der Waals surface area contributed by atoms with Gasteiger partial charge in [0, 0.05) is 38.5 Å². The minimum atomic E-state index is -2.49. The van der Waals surface area contributed by atoms with Crippen LogP contribution in [0.25, 0.3) is 0 Å². The van der Waals surface area contributed by atoms with E-state index in [2.05, 4.69) is 250 Å². The van der Waals surface area contributed by atoms with Crippen LogP contribution in [0.5, 0.6) is 0 Å². The largest absolute Gasteiger partial charge is 0.306 e. The fourth-order valence-electron chi connectivity index (χ4n) is 18.2. The van der Waals surface area contributed by atoms with E-state index in [-0.39, 0.29) is 11.8 Å². The van der Waals surface area contributed by atoms with Gasteiger partial charge in [-0.3, -0.25) is 0 Å². The fraction of sp³-hybridized carbons (Fsp3) is 1.00. The van der Waals surface area contributed by atoms with Crippen LogP contribution in [0.2, 0.25) is 0 Å². The van der Waals surface area contributed by atoms with E-state index in [0.29, 0.717) is 56.2 Å². The van der Waals surface area contributed by atoms with Gasteiger partial charge in [-0.25, -0.2) is 8.78 Å². The molecule has 0 radical (unpaired) electrons. The third-order valence-electron chi connectivity index (χ3n) is 27.0. The Morgan fingerprint density at radius 1 is 0.223 bits per heavy atom. The normalized spacial score (nSPS) is 19.5. The molecule has 0 aromatic rings. The summed E-state index contributed by atoms with van der Waals surface area (Å²) < 4.78 is 28.7. The van der Waals surface area contributed by atoms with Crippen LogP contribution in [0.3, 0.4) is 0 Å². The number of hydrogen-bond acceptors (Lipinski definition) is 10. The number of rotatable bonds is 36. The molecule has 0 spiro atoms. The summed E-state index contributed by atoms with van der Waals surface area (Å²) in [7, 11) is 11.3. The summed E-state index contributed by atoms with van der Waals surface area (Å²) in [6, 6.07) is 0. The molecule has 7 rings (SSSR count). The lowest BCUT2D eigenvalue weighted by atomic mass is 9.80. The molecule has 0 N–H and O–H groups in total. The highest BCUT2D eigenvalue weighted by Gasteiger charge is 2.44. The molecule has 2 saturated carbocycles. The van der Waals surface area contributed by atoms with E-state index in [1.165, 1.54) is 369 Å². The van der Waals surface area contributed by atoms with Gasteiger partial charge in [-0.15, -0.1) is 0 Å². The van der Waals surface area contributed by atoms with Gasteiger partial charge in [0.15, 0.2) is 0 Å². The van der Waals surface area contributed by atoms with Gasteiger partial charge in [0.1, 0.15) is 0 Å². The average Bonchev–Trinajstić information content (AvgIpc) is 0.822. The highest BCUT2D eigenvalue weighted by Crippen LogP contribution is 2.42. The van der Waals surface area contributed by atoms with E-state index >= 15 is 0 Å². The van der Waals surface area contributed by atoms with Crippen LogP contribution in [0.1, 0.15) is 431 Å². The van der Waals surface area contributed by atoms with Crippen molar-refractivity contribution in [3.8, 4) is 0 Å². The molecule has 0 aromatic heterocycles. The Kier molecular flexibility index (Phi) is 60.7. The first-order valence-corrected chi connectivity index (χ1v) is 52.3. The van der Waals surface area contributed by atoms with Gasteiger partial charge in [0.2, 0.25) is 0 Å². The SMILES string of the molecule is CC(C)(C)CC(F)(F)C1CCN(CC2CCCCC2)CC1.CC(C)(C)CCC1CCN(CC2CCCCC2)CC1.CN(CCC(C)(C)C)CCC(C)(C)C.CN(CCCC(C)(C)C)CCCC(C)(C)C.CN(CCCN1CCCCC1)CCC(C)(C)C.CN(CCCN1CCCCC1)CCCC(C)(C)C.CN(CCN1CCCCC1)CCC(C)(C)C. The third kappa shape index (κ3) is 75.8. The van der Waals surface area contributed by atoms with Crippen LogP contribution in [-0.2, 0) is 0 Å². The molecule has 0 atom stereocenters. The van der Waals surface area contributed by atoms with Crippen molar-refractivity contribution >= 4 is 0 Å². The minimum Gasteiger partial charge on any atom is -0.306 e. The molecule has 7 aliphatic rings. The van der Waals surface area contributed by atoms with Crippen molar-refractivity contribution in [1.29, 1.82) is 0 Å². The topological polar surface area (TPSA) is 32.4 Å². The van der Waals surface area contributed by atoms with Crippen molar-refractivity contribution < 1.29 is 8.78 Å². The lowest BCUT2D eigenvalue weighted by molar-refractivity contribution is -0.104. The van der Waals surface area contributed by atoms with Gasteiger partial charge < -0.3 is 49.0 Å². The molecule has 0 amide bonds. The molecule has 726 valence electrons. The lowest BCUT2D eigenvalue weighted by Gasteiger charge is -2.39. The van der Waals surface area contributed by atoms with E-state index in [4.69, 9.17) is 0 Å². The van der Waals surface area contributed by atoms with Crippen molar-refractivity contribution in [1.82, 2.24) is 49.0 Å². The van der Waals surface area contributed by atoms with Gasteiger partial charge >= 0.3 is 0 Å². The third-order valence-corrected chi connectivity index (χ3v) is 27.0. The Morgan fingerprint density at radius 3 is 0.760 bits per heavy atom. The molecule has 5 aliphatic heterocycles. The molecule has 7 fully saturated rings. The van der Waals surface area contributed by atoms with E-state index in [1.54, 1.807) is 0 Å². The van der Waals surface area contributed by atoms with E-state index in [9.17, 15) is 8.78 Å².